The lowest BCUT2D eigenvalue weighted by Crippen LogP contribution is -2.08. The van der Waals surface area contributed by atoms with Crippen molar-refractivity contribution >= 4 is 52.6 Å². The summed E-state index contributed by atoms with van der Waals surface area (Å²) in [6.07, 6.45) is 4.83. The number of anilines is 4. The Labute approximate surface area is 555 Å². The van der Waals surface area contributed by atoms with E-state index in [-0.39, 0.29) is 42.4 Å². The molecule has 1 heterocycles. The van der Waals surface area contributed by atoms with Gasteiger partial charge >= 0.3 is 47.9 Å². The second-order valence-electron chi connectivity index (χ2n) is 21.1. The third-order valence-corrected chi connectivity index (χ3v) is 12.7. The summed E-state index contributed by atoms with van der Waals surface area (Å²) in [5, 5.41) is 0. The van der Waals surface area contributed by atoms with Crippen LogP contribution in [0.4, 0.5) is 22.7 Å². The van der Waals surface area contributed by atoms with Gasteiger partial charge in [-0.1, -0.05) is 55.8 Å². The van der Waals surface area contributed by atoms with E-state index in [1.807, 2.05) is 36.4 Å². The third-order valence-electron chi connectivity index (χ3n) is 12.7. The molecule has 7 aromatic carbocycles. The Morgan fingerprint density at radius 3 is 1.00 bits per heavy atom. The number of benzene rings is 7. The summed E-state index contributed by atoms with van der Waals surface area (Å²) in [5.74, 6) is 12.6. The molecule has 8 aromatic rings. The van der Waals surface area contributed by atoms with E-state index in [1.54, 1.807) is 93.6 Å². The Balaban J connectivity index is 0.000000287. The van der Waals surface area contributed by atoms with Gasteiger partial charge in [0.1, 0.15) is 46.0 Å². The van der Waals surface area contributed by atoms with Crippen LogP contribution in [0.15, 0.2) is 194 Å². The second kappa shape index (κ2) is 36.5. The molecule has 8 N–H and O–H groups in total. The summed E-state index contributed by atoms with van der Waals surface area (Å²) in [4.78, 5) is 72.4. The number of nitrogens with two attached hydrogens (primary N) is 4. The molecule has 0 saturated carbocycles. The molecule has 492 valence electrons. The van der Waals surface area contributed by atoms with Gasteiger partial charge in [0.05, 0.1) is 37.6 Å². The minimum Gasteiger partial charge on any atom is -0.494 e. The molecule has 0 aliphatic rings. The van der Waals surface area contributed by atoms with Gasteiger partial charge in [-0.25, -0.2) is 24.0 Å². The van der Waals surface area contributed by atoms with Crippen molar-refractivity contribution < 1.29 is 71.3 Å². The topological polar surface area (TPSA) is 320 Å². The Morgan fingerprint density at radius 1 is 0.365 bits per heavy atom. The zero-order valence-corrected chi connectivity index (χ0v) is 53.2. The van der Waals surface area contributed by atoms with Crippen molar-refractivity contribution in [2.24, 2.45) is 0 Å². The molecule has 0 aliphatic carbocycles. The summed E-state index contributed by atoms with van der Waals surface area (Å²) < 4.78 is 55.5. The fraction of sp³-hybridized carbons (Fsp3) is 0.189. The Kier molecular flexibility index (Phi) is 26.9. The van der Waals surface area contributed by atoms with E-state index in [0.717, 1.165) is 36.1 Å². The quantitative estimate of drug-likeness (QED) is 0.00845. The van der Waals surface area contributed by atoms with Crippen molar-refractivity contribution in [3.63, 3.8) is 0 Å². The average molecular weight is 1300 g/mol. The number of esters is 5. The van der Waals surface area contributed by atoms with Gasteiger partial charge in [0.15, 0.2) is 0 Å². The van der Waals surface area contributed by atoms with Gasteiger partial charge in [-0.15, -0.1) is 15.0 Å². The van der Waals surface area contributed by atoms with E-state index < -0.39 is 29.8 Å². The zero-order chi connectivity index (χ0) is 68.8. The van der Waals surface area contributed by atoms with Crippen LogP contribution in [0.25, 0.3) is 11.1 Å². The van der Waals surface area contributed by atoms with Crippen LogP contribution in [-0.4, -0.2) is 71.2 Å². The highest BCUT2D eigenvalue weighted by Crippen LogP contribution is 2.31. The van der Waals surface area contributed by atoms with Gasteiger partial charge in [-0.2, -0.15) is 0 Å². The van der Waals surface area contributed by atoms with E-state index in [0.29, 0.717) is 119 Å². The highest BCUT2D eigenvalue weighted by molar-refractivity contribution is 5.93. The number of nitrogens with zero attached hydrogens (tertiary/aromatic N) is 3. The Hall–Kier alpha value is -12.6. The standard InChI is InChI=1S/C41H39N5O10.C33H32N2O5/c1-25(2)36(47)52-31-12-16-34(17-13-31)55-40-44-39(45-41(46-40)56-35-18-14-32(15-19-35)53-37(48)26(3)4)54-33-10-8-30(9-11-33)50-20-6-5-7-21-51-38(49)27-22-28(42)24-29(43)23-27;1-24(2)32(36)40-31-17-13-26(14-18-31)25-11-15-30(16-12-25)38-19-9-7-5-3-4-6-8-10-20-39-33(37)27-21-28(34)23-29(35)22-27/h8-19,22-24H,1,3,5-7,20-21,42-43H2,2,4H3;11-18,21-23H,1,7-10,19-20,34-35H2,2H3. The number of hydrogen-bond acceptors (Lipinski definition) is 22. The van der Waals surface area contributed by atoms with Crippen LogP contribution < -0.4 is 60.8 Å². The molecule has 22 heteroatoms. The molecule has 0 saturated heterocycles. The lowest BCUT2D eigenvalue weighted by Gasteiger charge is -2.11. The first-order valence-electron chi connectivity index (χ1n) is 30.0. The van der Waals surface area contributed by atoms with Crippen molar-refractivity contribution in [3.05, 3.63) is 205 Å². The number of carbonyl (C=O) groups is 5. The monoisotopic (exact) mass is 1300 g/mol. The molecule has 0 radical (unpaired) electrons. The summed E-state index contributed by atoms with van der Waals surface area (Å²) in [5.41, 5.74) is 28.1. The Bertz CT molecular complexity index is 4040. The molecular formula is C74H71N7O15. The van der Waals surface area contributed by atoms with Gasteiger partial charge < -0.3 is 70.3 Å². The predicted molar refractivity (Wildman–Crippen MR) is 363 cm³/mol. The first-order chi connectivity index (χ1) is 46.2. The minimum atomic E-state index is -0.559. The summed E-state index contributed by atoms with van der Waals surface area (Å²) in [6.45, 7) is 16.9. The molecule has 0 unspecified atom stereocenters. The summed E-state index contributed by atoms with van der Waals surface area (Å²) >= 11 is 0. The normalized spacial score (nSPS) is 10.2. The summed E-state index contributed by atoms with van der Waals surface area (Å²) in [6, 6.07) is 43.1. The average Bonchev–Trinajstić information content (AvgIpc) is 1.17. The molecule has 1 aromatic heterocycles. The number of carbonyl (C=O) groups excluding carboxylic acids is 5. The van der Waals surface area contributed by atoms with Crippen LogP contribution in [0, 0.1) is 23.7 Å². The minimum absolute atomic E-state index is 0.141. The lowest BCUT2D eigenvalue weighted by molar-refractivity contribution is -0.130. The number of ether oxygens (including phenoxy) is 10. The third kappa shape index (κ3) is 24.6. The molecule has 0 atom stereocenters. The SMILES string of the molecule is C=C(C)C(=O)Oc1ccc(-c2ccc(OCCCC#CC#CCCCOC(=O)c3cc(N)cc(N)c3)cc2)cc1.C=C(C)C(=O)Oc1ccc(Oc2nc(Oc3ccc(OCCCCCOC(=O)c4cc(N)cc(N)c4)cc3)nc(Oc3ccc(OC(=O)C(=C)C)cc3)n2)cc1. The van der Waals surface area contributed by atoms with E-state index >= 15 is 0 Å². The lowest BCUT2D eigenvalue weighted by atomic mass is 10.1. The van der Waals surface area contributed by atoms with Gasteiger partial charge in [0.2, 0.25) is 0 Å². The molecular weight excluding hydrogens is 1230 g/mol. The highest BCUT2D eigenvalue weighted by atomic mass is 16.6. The van der Waals surface area contributed by atoms with Crippen LogP contribution >= 0.6 is 0 Å². The first-order valence-corrected chi connectivity index (χ1v) is 30.0. The molecule has 96 heavy (non-hydrogen) atoms. The molecule has 0 fully saturated rings. The van der Waals surface area contributed by atoms with Crippen molar-refractivity contribution in [3.8, 4) is 98.8 Å². The molecule has 0 spiro atoms. The predicted octanol–water partition coefficient (Wildman–Crippen LogP) is 13.6. The summed E-state index contributed by atoms with van der Waals surface area (Å²) in [7, 11) is 0. The van der Waals surface area contributed by atoms with E-state index in [4.69, 9.17) is 70.3 Å². The van der Waals surface area contributed by atoms with Gasteiger partial charge in [-0.05, 0) is 209 Å². The van der Waals surface area contributed by atoms with Crippen LogP contribution in [0.5, 0.6) is 64.0 Å². The molecule has 0 bridgehead atoms. The van der Waals surface area contributed by atoms with Gasteiger partial charge in [-0.3, -0.25) is 0 Å². The molecule has 8 rings (SSSR count). The maximum atomic E-state index is 12.2. The van der Waals surface area contributed by atoms with Crippen LogP contribution in [-0.2, 0) is 23.9 Å². The van der Waals surface area contributed by atoms with Crippen LogP contribution in [0.1, 0.15) is 86.4 Å². The number of unbranched alkanes of at least 4 members (excludes halogenated alkanes) is 4. The largest absolute Gasteiger partial charge is 0.494 e. The van der Waals surface area contributed by atoms with Crippen molar-refractivity contribution in [1.82, 2.24) is 15.0 Å². The highest BCUT2D eigenvalue weighted by Gasteiger charge is 2.16. The van der Waals surface area contributed by atoms with Crippen molar-refractivity contribution in [1.29, 1.82) is 0 Å². The maximum absolute atomic E-state index is 12.2. The maximum Gasteiger partial charge on any atom is 0.338 e. The smallest absolute Gasteiger partial charge is 0.338 e. The van der Waals surface area contributed by atoms with Crippen molar-refractivity contribution in [2.75, 3.05) is 49.4 Å². The fourth-order valence-electron chi connectivity index (χ4n) is 7.95. The van der Waals surface area contributed by atoms with Gasteiger partial charge in [0.25, 0.3) is 0 Å². The number of hydrogen-bond donors (Lipinski definition) is 4. The van der Waals surface area contributed by atoms with Crippen LogP contribution in [0.2, 0.25) is 0 Å². The van der Waals surface area contributed by atoms with Gasteiger partial charge in [0, 0.05) is 52.3 Å². The molecule has 0 aliphatic heterocycles. The first kappa shape index (κ1) is 70.9. The Morgan fingerprint density at radius 2 is 0.646 bits per heavy atom. The van der Waals surface area contributed by atoms with E-state index in [1.165, 1.54) is 48.5 Å². The zero-order valence-electron chi connectivity index (χ0n) is 53.2. The molecule has 0 amide bonds. The van der Waals surface area contributed by atoms with E-state index in [9.17, 15) is 24.0 Å². The number of aromatic nitrogens is 3. The van der Waals surface area contributed by atoms with Crippen LogP contribution in [0.3, 0.4) is 0 Å². The van der Waals surface area contributed by atoms with Crippen molar-refractivity contribution in [2.45, 2.75) is 65.7 Å². The van der Waals surface area contributed by atoms with E-state index in [2.05, 4.69) is 58.4 Å². The second-order valence-corrected chi connectivity index (χ2v) is 21.1. The fourth-order valence-corrected chi connectivity index (χ4v) is 7.95. The number of nitrogen functional groups attached to an aromatic ring is 4. The molecule has 22 nitrogen and oxygen atoms in total. The number of rotatable bonds is 29.